The minimum Gasteiger partial charge on any atom is -0.466 e. The Balaban J connectivity index is 2.52. The molecule has 1 rings (SSSR count). The predicted octanol–water partition coefficient (Wildman–Crippen LogP) is 2.02. The molecule has 0 aliphatic carbocycles. The first-order valence-electron chi connectivity index (χ1n) is 3.47. The highest BCUT2D eigenvalue weighted by atomic mass is 19.3. The van der Waals surface area contributed by atoms with Gasteiger partial charge >= 0.3 is 0 Å². The number of halogens is 2. The maximum atomic E-state index is 11.9. The number of rotatable bonds is 3. The van der Waals surface area contributed by atoms with Gasteiger partial charge in [-0.15, -0.1) is 0 Å². The van der Waals surface area contributed by atoms with Crippen molar-refractivity contribution in [1.29, 1.82) is 0 Å². The van der Waals surface area contributed by atoms with Gasteiger partial charge in [-0.2, -0.15) is 0 Å². The molecule has 1 atom stereocenters. The van der Waals surface area contributed by atoms with Gasteiger partial charge in [-0.05, 0) is 19.0 Å². The molecule has 0 aromatic carbocycles. The van der Waals surface area contributed by atoms with E-state index in [0.29, 0.717) is 5.76 Å². The van der Waals surface area contributed by atoms with Crippen molar-refractivity contribution in [3.63, 3.8) is 0 Å². The Bertz CT molecular complexity index is 249. The van der Waals surface area contributed by atoms with Gasteiger partial charge in [-0.3, -0.25) is 0 Å². The Hall–Kier alpha value is -1.13. The molecule has 1 unspecified atom stereocenters. The van der Waals surface area contributed by atoms with Gasteiger partial charge in [0.15, 0.2) is 6.10 Å². The number of aromatic nitrogens is 1. The van der Waals surface area contributed by atoms with Crippen LogP contribution in [0.1, 0.15) is 12.7 Å². The largest absolute Gasteiger partial charge is 0.466 e. The van der Waals surface area contributed by atoms with Crippen LogP contribution in [0, 0.1) is 6.92 Å². The van der Waals surface area contributed by atoms with Crippen LogP contribution in [-0.2, 0) is 0 Å². The summed E-state index contributed by atoms with van der Waals surface area (Å²) in [7, 11) is 0. The highest BCUT2D eigenvalue weighted by Gasteiger charge is 2.17. The minimum absolute atomic E-state index is 0.0975. The molecule has 0 N–H and O–H groups in total. The molecule has 0 bridgehead atoms. The summed E-state index contributed by atoms with van der Waals surface area (Å²) >= 11 is 0. The van der Waals surface area contributed by atoms with E-state index in [1.807, 2.05) is 0 Å². The lowest BCUT2D eigenvalue weighted by Gasteiger charge is -2.09. The van der Waals surface area contributed by atoms with Crippen molar-refractivity contribution in [3.05, 3.63) is 11.8 Å². The normalized spacial score (nSPS) is 13.4. The first kappa shape index (κ1) is 8.96. The summed E-state index contributed by atoms with van der Waals surface area (Å²) in [5.41, 5.74) is 0. The summed E-state index contributed by atoms with van der Waals surface area (Å²) in [5, 5.41) is 3.41. The molecule has 0 saturated heterocycles. The van der Waals surface area contributed by atoms with E-state index >= 15 is 0 Å². The van der Waals surface area contributed by atoms with Gasteiger partial charge in [-0.1, -0.05) is 0 Å². The number of hydrogen-bond acceptors (Lipinski definition) is 3. The van der Waals surface area contributed by atoms with Crippen molar-refractivity contribution >= 4 is 0 Å². The summed E-state index contributed by atoms with van der Waals surface area (Å²) < 4.78 is 33.2. The molecule has 0 aliphatic heterocycles. The van der Waals surface area contributed by atoms with E-state index in [9.17, 15) is 8.78 Å². The molecule has 68 valence electrons. The SMILES string of the molecule is Cc1cc(OC(C)C(F)F)no1. The molecule has 12 heavy (non-hydrogen) atoms. The molecule has 0 spiro atoms. The number of aryl methyl sites for hydroxylation is 1. The van der Waals surface area contributed by atoms with Crippen LogP contribution in [0.3, 0.4) is 0 Å². The van der Waals surface area contributed by atoms with Crippen molar-refractivity contribution in [2.45, 2.75) is 26.4 Å². The smallest absolute Gasteiger partial charge is 0.274 e. The average molecular weight is 177 g/mol. The van der Waals surface area contributed by atoms with Crippen molar-refractivity contribution in [2.24, 2.45) is 0 Å². The lowest BCUT2D eigenvalue weighted by molar-refractivity contribution is 0.0184. The second-order valence-corrected chi connectivity index (χ2v) is 2.43. The number of hydrogen-bond donors (Lipinski definition) is 0. The lowest BCUT2D eigenvalue weighted by atomic mass is 10.4. The third kappa shape index (κ3) is 2.18. The van der Waals surface area contributed by atoms with E-state index < -0.39 is 12.5 Å². The van der Waals surface area contributed by atoms with E-state index in [1.54, 1.807) is 6.92 Å². The summed E-state index contributed by atoms with van der Waals surface area (Å²) in [4.78, 5) is 0. The van der Waals surface area contributed by atoms with Crippen LogP contribution in [0.15, 0.2) is 10.6 Å². The average Bonchev–Trinajstić information content (AvgIpc) is 2.35. The van der Waals surface area contributed by atoms with Gasteiger partial charge < -0.3 is 9.26 Å². The molecule has 0 saturated carbocycles. The molecule has 0 amide bonds. The maximum Gasteiger partial charge on any atom is 0.274 e. The van der Waals surface area contributed by atoms with E-state index in [4.69, 9.17) is 4.74 Å². The Morgan fingerprint density at radius 3 is 2.67 bits per heavy atom. The summed E-state index contributed by atoms with van der Waals surface area (Å²) in [6.45, 7) is 2.93. The van der Waals surface area contributed by atoms with E-state index in [1.165, 1.54) is 13.0 Å². The molecule has 1 aromatic rings. The highest BCUT2D eigenvalue weighted by Crippen LogP contribution is 2.14. The van der Waals surface area contributed by atoms with Crippen molar-refractivity contribution in [3.8, 4) is 5.88 Å². The van der Waals surface area contributed by atoms with Gasteiger partial charge in [0.1, 0.15) is 5.76 Å². The Morgan fingerprint density at radius 2 is 2.25 bits per heavy atom. The highest BCUT2D eigenvalue weighted by molar-refractivity contribution is 5.09. The topological polar surface area (TPSA) is 35.3 Å². The summed E-state index contributed by atoms with van der Waals surface area (Å²) in [6.07, 6.45) is -3.67. The van der Waals surface area contributed by atoms with Crippen molar-refractivity contribution in [1.82, 2.24) is 5.16 Å². The molecule has 0 aliphatic rings. The predicted molar refractivity (Wildman–Crippen MR) is 37.3 cm³/mol. The Labute approximate surface area is 68.3 Å². The fourth-order valence-electron chi connectivity index (χ4n) is 0.641. The first-order valence-corrected chi connectivity index (χ1v) is 3.47. The summed E-state index contributed by atoms with van der Waals surface area (Å²) in [5.74, 6) is 0.631. The third-order valence-corrected chi connectivity index (χ3v) is 1.27. The van der Waals surface area contributed by atoms with Gasteiger partial charge in [0.05, 0.1) is 0 Å². The zero-order valence-electron chi connectivity index (χ0n) is 6.75. The van der Waals surface area contributed by atoms with E-state index in [-0.39, 0.29) is 5.88 Å². The van der Waals surface area contributed by atoms with Crippen LogP contribution < -0.4 is 4.74 Å². The fraction of sp³-hybridized carbons (Fsp3) is 0.571. The fourth-order valence-corrected chi connectivity index (χ4v) is 0.641. The quantitative estimate of drug-likeness (QED) is 0.708. The molecule has 1 aromatic heterocycles. The molecule has 5 heteroatoms. The van der Waals surface area contributed by atoms with Gasteiger partial charge in [0, 0.05) is 6.07 Å². The number of nitrogens with zero attached hydrogens (tertiary/aromatic N) is 1. The van der Waals surface area contributed by atoms with Crippen LogP contribution in [-0.4, -0.2) is 17.7 Å². The Morgan fingerprint density at radius 1 is 1.58 bits per heavy atom. The van der Waals surface area contributed by atoms with Crippen LogP contribution in [0.25, 0.3) is 0 Å². The number of alkyl halides is 2. The molecule has 0 radical (unpaired) electrons. The molecular formula is C7H9F2NO2. The third-order valence-electron chi connectivity index (χ3n) is 1.27. The Kier molecular flexibility index (Phi) is 2.62. The van der Waals surface area contributed by atoms with E-state index in [2.05, 4.69) is 9.68 Å². The lowest BCUT2D eigenvalue weighted by Crippen LogP contribution is -2.21. The van der Waals surface area contributed by atoms with Crippen molar-refractivity contribution in [2.75, 3.05) is 0 Å². The molecular weight excluding hydrogens is 168 g/mol. The molecule has 3 nitrogen and oxygen atoms in total. The monoisotopic (exact) mass is 177 g/mol. The second-order valence-electron chi connectivity index (χ2n) is 2.43. The van der Waals surface area contributed by atoms with Crippen LogP contribution in [0.2, 0.25) is 0 Å². The maximum absolute atomic E-state index is 11.9. The van der Waals surface area contributed by atoms with Gasteiger partial charge in [-0.25, -0.2) is 8.78 Å². The zero-order chi connectivity index (χ0) is 9.14. The van der Waals surface area contributed by atoms with Gasteiger partial charge in [0.2, 0.25) is 0 Å². The van der Waals surface area contributed by atoms with E-state index in [0.717, 1.165) is 0 Å². The summed E-state index contributed by atoms with van der Waals surface area (Å²) in [6, 6.07) is 1.46. The van der Waals surface area contributed by atoms with Crippen LogP contribution >= 0.6 is 0 Å². The van der Waals surface area contributed by atoms with Gasteiger partial charge in [0.25, 0.3) is 12.3 Å². The molecule has 1 heterocycles. The minimum atomic E-state index is -2.51. The van der Waals surface area contributed by atoms with Crippen LogP contribution in [0.5, 0.6) is 5.88 Å². The standard InChI is InChI=1S/C7H9F2NO2/c1-4-3-6(10-12-4)11-5(2)7(8)9/h3,5,7H,1-2H3. The number of ether oxygens (including phenoxy) is 1. The van der Waals surface area contributed by atoms with Crippen molar-refractivity contribution < 1.29 is 18.0 Å². The molecule has 0 fully saturated rings. The van der Waals surface area contributed by atoms with Crippen LogP contribution in [0.4, 0.5) is 8.78 Å². The second kappa shape index (κ2) is 3.51. The first-order chi connectivity index (χ1) is 5.59. The zero-order valence-corrected chi connectivity index (χ0v) is 6.75.